The summed E-state index contributed by atoms with van der Waals surface area (Å²) >= 11 is 0. The summed E-state index contributed by atoms with van der Waals surface area (Å²) in [5, 5.41) is 6.12. The molecule has 0 atom stereocenters. The number of benzene rings is 2. The van der Waals surface area contributed by atoms with Gasteiger partial charge in [-0.25, -0.2) is 4.99 Å². The average Bonchev–Trinajstić information content (AvgIpc) is 2.74. The minimum absolute atomic E-state index is 0.0654. The lowest BCUT2D eigenvalue weighted by atomic mass is 10.1. The van der Waals surface area contributed by atoms with Gasteiger partial charge >= 0.3 is 6.18 Å². The zero-order valence-corrected chi connectivity index (χ0v) is 17.7. The number of guanidine groups is 1. The molecular weight excluding hydrogens is 405 g/mol. The first-order valence-electron chi connectivity index (χ1n) is 9.69. The van der Waals surface area contributed by atoms with Gasteiger partial charge in [-0.3, -0.25) is 4.79 Å². The van der Waals surface area contributed by atoms with Gasteiger partial charge in [0.1, 0.15) is 0 Å². The number of halogens is 3. The fourth-order valence-electron chi connectivity index (χ4n) is 2.57. The monoisotopic (exact) mass is 430 g/mol. The van der Waals surface area contributed by atoms with E-state index in [0.717, 1.165) is 17.7 Å². The summed E-state index contributed by atoms with van der Waals surface area (Å²) in [6, 6.07) is 12.1. The molecule has 8 heteroatoms. The van der Waals surface area contributed by atoms with E-state index < -0.39 is 11.7 Å². The van der Waals surface area contributed by atoms with Gasteiger partial charge in [-0.15, -0.1) is 0 Å². The Morgan fingerprint density at radius 2 is 1.81 bits per heavy atom. The third-order valence-electron chi connectivity index (χ3n) is 4.14. The summed E-state index contributed by atoms with van der Waals surface area (Å²) in [5.74, 6) is 6.00. The van der Waals surface area contributed by atoms with Gasteiger partial charge in [0.2, 0.25) is 0 Å². The van der Waals surface area contributed by atoms with Crippen LogP contribution in [0.2, 0.25) is 0 Å². The molecule has 2 aromatic carbocycles. The van der Waals surface area contributed by atoms with E-state index in [2.05, 4.69) is 27.5 Å². The van der Waals surface area contributed by atoms with Crippen molar-refractivity contribution in [2.75, 3.05) is 27.2 Å². The van der Waals surface area contributed by atoms with Crippen LogP contribution in [-0.2, 0) is 12.7 Å². The van der Waals surface area contributed by atoms with Gasteiger partial charge in [0.15, 0.2) is 5.96 Å². The molecule has 0 fully saturated rings. The Bertz CT molecular complexity index is 971. The topological polar surface area (TPSA) is 56.7 Å². The largest absolute Gasteiger partial charge is 0.416 e. The van der Waals surface area contributed by atoms with Crippen molar-refractivity contribution in [1.82, 2.24) is 15.5 Å². The molecule has 0 heterocycles. The van der Waals surface area contributed by atoms with Gasteiger partial charge in [0.05, 0.1) is 18.7 Å². The van der Waals surface area contributed by atoms with Crippen LogP contribution in [0.1, 0.15) is 34.0 Å². The standard InChI is InChI=1S/C23H25F3N4O/c1-4-27-22(29-16-18-10-12-19(13-11-18)21(31)30(2)3)28-14-6-8-17-7-5-9-20(15-17)23(24,25)26/h5,7,9-13,15H,4,14,16H2,1-3H3,(H2,27,28,29). The second-order valence-electron chi connectivity index (χ2n) is 6.83. The highest BCUT2D eigenvalue weighted by molar-refractivity contribution is 5.93. The number of nitrogens with zero attached hydrogens (tertiary/aromatic N) is 2. The molecule has 0 aromatic heterocycles. The van der Waals surface area contributed by atoms with Crippen LogP contribution < -0.4 is 10.6 Å². The Morgan fingerprint density at radius 3 is 2.42 bits per heavy atom. The lowest BCUT2D eigenvalue weighted by Crippen LogP contribution is -2.37. The van der Waals surface area contributed by atoms with Crippen molar-refractivity contribution in [2.45, 2.75) is 19.6 Å². The first-order valence-corrected chi connectivity index (χ1v) is 9.69. The van der Waals surface area contributed by atoms with E-state index in [-0.39, 0.29) is 12.5 Å². The average molecular weight is 430 g/mol. The molecule has 0 aliphatic heterocycles. The molecule has 0 radical (unpaired) electrons. The molecule has 1 amide bonds. The molecular formula is C23H25F3N4O. The summed E-state index contributed by atoms with van der Waals surface area (Å²) in [5.41, 5.74) is 1.11. The second kappa shape index (κ2) is 11.1. The first-order chi connectivity index (χ1) is 14.7. The Hall–Kier alpha value is -3.47. The Balaban J connectivity index is 1.97. The predicted octanol–water partition coefficient (Wildman–Crippen LogP) is 3.51. The molecule has 2 N–H and O–H groups in total. The normalized spacial score (nSPS) is 11.4. The van der Waals surface area contributed by atoms with Crippen molar-refractivity contribution in [3.63, 3.8) is 0 Å². The maximum absolute atomic E-state index is 12.8. The van der Waals surface area contributed by atoms with E-state index in [9.17, 15) is 18.0 Å². The van der Waals surface area contributed by atoms with Crippen LogP contribution in [0.4, 0.5) is 13.2 Å². The van der Waals surface area contributed by atoms with Crippen molar-refractivity contribution < 1.29 is 18.0 Å². The molecule has 0 bridgehead atoms. The van der Waals surface area contributed by atoms with Crippen LogP contribution in [0.25, 0.3) is 0 Å². The third kappa shape index (κ3) is 7.70. The van der Waals surface area contributed by atoms with E-state index in [0.29, 0.717) is 30.2 Å². The summed E-state index contributed by atoms with van der Waals surface area (Å²) in [7, 11) is 3.40. The highest BCUT2D eigenvalue weighted by atomic mass is 19.4. The SMILES string of the molecule is CCNC(=NCc1ccc(C(=O)N(C)C)cc1)NCC#Cc1cccc(C(F)(F)F)c1. The number of hydrogen-bond acceptors (Lipinski definition) is 2. The van der Waals surface area contributed by atoms with Crippen LogP contribution in [0.3, 0.4) is 0 Å². The van der Waals surface area contributed by atoms with Crippen LogP contribution in [0.15, 0.2) is 53.5 Å². The van der Waals surface area contributed by atoms with E-state index in [1.807, 2.05) is 19.1 Å². The molecule has 164 valence electrons. The lowest BCUT2D eigenvalue weighted by Gasteiger charge is -2.11. The number of nitrogens with one attached hydrogen (secondary N) is 2. The molecule has 0 unspecified atom stereocenters. The molecule has 31 heavy (non-hydrogen) atoms. The van der Waals surface area contributed by atoms with Gasteiger partial charge in [-0.1, -0.05) is 30.0 Å². The quantitative estimate of drug-likeness (QED) is 0.434. The van der Waals surface area contributed by atoms with E-state index in [4.69, 9.17) is 0 Å². The maximum atomic E-state index is 12.8. The fourth-order valence-corrected chi connectivity index (χ4v) is 2.57. The zero-order chi connectivity index (χ0) is 22.9. The van der Waals surface area contributed by atoms with Gasteiger partial charge in [-0.2, -0.15) is 13.2 Å². The molecule has 0 spiro atoms. The van der Waals surface area contributed by atoms with Gasteiger partial charge in [-0.05, 0) is 42.8 Å². The lowest BCUT2D eigenvalue weighted by molar-refractivity contribution is -0.137. The molecule has 2 rings (SSSR count). The number of carbonyl (C=O) groups excluding carboxylic acids is 1. The zero-order valence-electron chi connectivity index (χ0n) is 17.7. The van der Waals surface area contributed by atoms with Crippen LogP contribution in [0, 0.1) is 11.8 Å². The summed E-state index contributed by atoms with van der Waals surface area (Å²) in [6.07, 6.45) is -4.39. The van der Waals surface area contributed by atoms with Crippen molar-refractivity contribution in [2.24, 2.45) is 4.99 Å². The maximum Gasteiger partial charge on any atom is 0.416 e. The van der Waals surface area contributed by atoms with E-state index in [1.54, 1.807) is 26.2 Å². The molecule has 5 nitrogen and oxygen atoms in total. The van der Waals surface area contributed by atoms with E-state index in [1.165, 1.54) is 17.0 Å². The van der Waals surface area contributed by atoms with Crippen LogP contribution >= 0.6 is 0 Å². The van der Waals surface area contributed by atoms with Crippen molar-refractivity contribution in [1.29, 1.82) is 0 Å². The van der Waals surface area contributed by atoms with Gasteiger partial charge < -0.3 is 15.5 Å². The third-order valence-corrected chi connectivity index (χ3v) is 4.14. The molecule has 0 saturated carbocycles. The van der Waals surface area contributed by atoms with E-state index >= 15 is 0 Å². The van der Waals surface area contributed by atoms with Crippen LogP contribution in [0.5, 0.6) is 0 Å². The first kappa shape index (κ1) is 23.8. The number of amides is 1. The molecule has 0 aliphatic carbocycles. The predicted molar refractivity (Wildman–Crippen MR) is 116 cm³/mol. The Kier molecular flexibility index (Phi) is 8.50. The minimum Gasteiger partial charge on any atom is -0.357 e. The number of hydrogen-bond donors (Lipinski definition) is 2. The summed E-state index contributed by atoms with van der Waals surface area (Å²) in [6.45, 7) is 3.18. The highest BCUT2D eigenvalue weighted by Crippen LogP contribution is 2.29. The van der Waals surface area contributed by atoms with Gasteiger partial charge in [0, 0.05) is 31.8 Å². The number of rotatable bonds is 5. The molecule has 0 saturated heterocycles. The number of aliphatic imine (C=N–C) groups is 1. The number of carbonyl (C=O) groups is 1. The van der Waals surface area contributed by atoms with Crippen LogP contribution in [-0.4, -0.2) is 44.0 Å². The fraction of sp³-hybridized carbons (Fsp3) is 0.304. The second-order valence-corrected chi connectivity index (χ2v) is 6.83. The Labute approximate surface area is 180 Å². The smallest absolute Gasteiger partial charge is 0.357 e. The summed E-state index contributed by atoms with van der Waals surface area (Å²) < 4.78 is 38.3. The Morgan fingerprint density at radius 1 is 1.10 bits per heavy atom. The molecule has 0 aliphatic rings. The number of alkyl halides is 3. The summed E-state index contributed by atoms with van der Waals surface area (Å²) in [4.78, 5) is 17.9. The van der Waals surface area contributed by atoms with Crippen molar-refractivity contribution in [3.8, 4) is 11.8 Å². The minimum atomic E-state index is -4.39. The highest BCUT2D eigenvalue weighted by Gasteiger charge is 2.30. The molecule has 2 aromatic rings. The van der Waals surface area contributed by atoms with Gasteiger partial charge in [0.25, 0.3) is 5.91 Å². The van der Waals surface area contributed by atoms with Crippen molar-refractivity contribution in [3.05, 3.63) is 70.8 Å². The van der Waals surface area contributed by atoms with Crippen molar-refractivity contribution >= 4 is 11.9 Å².